The van der Waals surface area contributed by atoms with Crippen molar-refractivity contribution in [2.24, 2.45) is 5.92 Å². The molecule has 6 heteroatoms. The molecular weight excluding hydrogens is 232 g/mol. The van der Waals surface area contributed by atoms with Gasteiger partial charge in [0.1, 0.15) is 0 Å². The van der Waals surface area contributed by atoms with Gasteiger partial charge in [-0.15, -0.1) is 5.10 Å². The first-order chi connectivity index (χ1) is 8.83. The van der Waals surface area contributed by atoms with Crippen molar-refractivity contribution in [3.8, 4) is 0 Å². The SMILES string of the molecule is CCNCc1nnc(N2CCC(COC)CC2)o1. The van der Waals surface area contributed by atoms with Crippen molar-refractivity contribution in [1.29, 1.82) is 0 Å². The molecule has 0 amide bonds. The predicted molar refractivity (Wildman–Crippen MR) is 68.5 cm³/mol. The number of ether oxygens (including phenoxy) is 1. The molecule has 0 atom stereocenters. The van der Waals surface area contributed by atoms with Gasteiger partial charge in [0.15, 0.2) is 0 Å². The molecule has 1 fully saturated rings. The van der Waals surface area contributed by atoms with E-state index in [4.69, 9.17) is 9.15 Å². The summed E-state index contributed by atoms with van der Waals surface area (Å²) in [6.45, 7) is 6.39. The highest BCUT2D eigenvalue weighted by Crippen LogP contribution is 2.22. The number of piperidine rings is 1. The molecule has 102 valence electrons. The summed E-state index contributed by atoms with van der Waals surface area (Å²) < 4.78 is 10.8. The Bertz CT molecular complexity index is 348. The summed E-state index contributed by atoms with van der Waals surface area (Å²) in [5.41, 5.74) is 0. The zero-order valence-electron chi connectivity index (χ0n) is 11.2. The van der Waals surface area contributed by atoms with Crippen LogP contribution in [-0.4, -0.2) is 43.5 Å². The van der Waals surface area contributed by atoms with E-state index in [9.17, 15) is 0 Å². The smallest absolute Gasteiger partial charge is 0.318 e. The Morgan fingerprint density at radius 1 is 1.39 bits per heavy atom. The highest BCUT2D eigenvalue weighted by molar-refractivity contribution is 5.24. The molecule has 0 radical (unpaired) electrons. The quantitative estimate of drug-likeness (QED) is 0.818. The average Bonchev–Trinajstić information content (AvgIpc) is 2.86. The number of rotatable bonds is 6. The van der Waals surface area contributed by atoms with Crippen LogP contribution in [0.3, 0.4) is 0 Å². The molecule has 0 unspecified atom stereocenters. The van der Waals surface area contributed by atoms with Gasteiger partial charge in [0, 0.05) is 26.8 Å². The second kappa shape index (κ2) is 6.70. The first-order valence-corrected chi connectivity index (χ1v) is 6.60. The van der Waals surface area contributed by atoms with Crippen LogP contribution in [0, 0.1) is 5.92 Å². The Balaban J connectivity index is 1.83. The number of anilines is 1. The number of hydrogen-bond donors (Lipinski definition) is 1. The van der Waals surface area contributed by atoms with E-state index < -0.39 is 0 Å². The maximum atomic E-state index is 5.63. The largest absolute Gasteiger partial charge is 0.407 e. The number of nitrogens with one attached hydrogen (secondary N) is 1. The maximum absolute atomic E-state index is 5.63. The molecule has 1 saturated heterocycles. The standard InChI is InChI=1S/C12H22N4O2/c1-3-13-8-11-14-15-12(18-11)16-6-4-10(5-7-16)9-17-2/h10,13H,3-9H2,1-2H3. The van der Waals surface area contributed by atoms with E-state index in [-0.39, 0.29) is 0 Å². The zero-order valence-corrected chi connectivity index (χ0v) is 11.2. The molecule has 1 aromatic heterocycles. The molecule has 1 aliphatic heterocycles. The van der Waals surface area contributed by atoms with E-state index in [0.717, 1.165) is 39.1 Å². The van der Waals surface area contributed by atoms with Gasteiger partial charge in [-0.25, -0.2) is 0 Å². The molecule has 0 spiro atoms. The van der Waals surface area contributed by atoms with Crippen LogP contribution in [-0.2, 0) is 11.3 Å². The van der Waals surface area contributed by atoms with Gasteiger partial charge in [-0.3, -0.25) is 0 Å². The van der Waals surface area contributed by atoms with E-state index in [1.54, 1.807) is 7.11 Å². The first-order valence-electron chi connectivity index (χ1n) is 6.60. The van der Waals surface area contributed by atoms with Crippen LogP contribution in [0.1, 0.15) is 25.7 Å². The minimum absolute atomic E-state index is 0.642. The third-order valence-electron chi connectivity index (χ3n) is 3.27. The lowest BCUT2D eigenvalue weighted by Gasteiger charge is -2.30. The van der Waals surface area contributed by atoms with E-state index in [1.165, 1.54) is 0 Å². The Morgan fingerprint density at radius 3 is 2.83 bits per heavy atom. The molecule has 2 heterocycles. The van der Waals surface area contributed by atoms with Crippen molar-refractivity contribution in [1.82, 2.24) is 15.5 Å². The molecule has 1 aromatic rings. The maximum Gasteiger partial charge on any atom is 0.318 e. The number of nitrogens with zero attached hydrogens (tertiary/aromatic N) is 3. The lowest BCUT2D eigenvalue weighted by Crippen LogP contribution is -2.35. The molecule has 18 heavy (non-hydrogen) atoms. The topological polar surface area (TPSA) is 63.4 Å². The normalized spacial score (nSPS) is 17.3. The van der Waals surface area contributed by atoms with Crippen molar-refractivity contribution in [3.63, 3.8) is 0 Å². The Morgan fingerprint density at radius 2 is 2.17 bits per heavy atom. The Labute approximate surface area is 108 Å². The van der Waals surface area contributed by atoms with Crippen molar-refractivity contribution in [2.75, 3.05) is 38.3 Å². The number of aromatic nitrogens is 2. The van der Waals surface area contributed by atoms with Crippen LogP contribution in [0.4, 0.5) is 6.01 Å². The fourth-order valence-electron chi connectivity index (χ4n) is 2.20. The third kappa shape index (κ3) is 3.43. The summed E-state index contributed by atoms with van der Waals surface area (Å²) >= 11 is 0. The van der Waals surface area contributed by atoms with Gasteiger partial charge in [-0.1, -0.05) is 12.0 Å². The minimum Gasteiger partial charge on any atom is -0.407 e. The summed E-state index contributed by atoms with van der Waals surface area (Å²) in [4.78, 5) is 2.16. The van der Waals surface area contributed by atoms with Crippen LogP contribution in [0.5, 0.6) is 0 Å². The molecule has 6 nitrogen and oxygen atoms in total. The Kier molecular flexibility index (Phi) is 4.95. The lowest BCUT2D eigenvalue weighted by atomic mass is 9.98. The van der Waals surface area contributed by atoms with Crippen LogP contribution in [0.25, 0.3) is 0 Å². The highest BCUT2D eigenvalue weighted by Gasteiger charge is 2.22. The summed E-state index contributed by atoms with van der Waals surface area (Å²) in [6, 6.07) is 0.652. The van der Waals surface area contributed by atoms with Gasteiger partial charge in [0.05, 0.1) is 6.54 Å². The molecule has 2 rings (SSSR count). The summed E-state index contributed by atoms with van der Waals surface area (Å²) in [6.07, 6.45) is 2.25. The Hall–Kier alpha value is -1.14. The van der Waals surface area contributed by atoms with Crippen molar-refractivity contribution < 1.29 is 9.15 Å². The van der Waals surface area contributed by atoms with Gasteiger partial charge < -0.3 is 19.4 Å². The molecule has 0 aromatic carbocycles. The van der Waals surface area contributed by atoms with E-state index >= 15 is 0 Å². The minimum atomic E-state index is 0.642. The summed E-state index contributed by atoms with van der Waals surface area (Å²) in [5, 5.41) is 11.3. The molecule has 0 aliphatic carbocycles. The van der Waals surface area contributed by atoms with Crippen LogP contribution < -0.4 is 10.2 Å². The molecule has 1 aliphatic rings. The second-order valence-corrected chi connectivity index (χ2v) is 4.64. The van der Waals surface area contributed by atoms with Gasteiger partial charge in [-0.05, 0) is 25.3 Å². The number of hydrogen-bond acceptors (Lipinski definition) is 6. The first kappa shape index (κ1) is 13.3. The number of methoxy groups -OCH3 is 1. The molecule has 1 N–H and O–H groups in total. The lowest BCUT2D eigenvalue weighted by molar-refractivity contribution is 0.138. The van der Waals surface area contributed by atoms with E-state index in [0.29, 0.717) is 24.4 Å². The van der Waals surface area contributed by atoms with Crippen LogP contribution in [0.15, 0.2) is 4.42 Å². The highest BCUT2D eigenvalue weighted by atomic mass is 16.5. The monoisotopic (exact) mass is 254 g/mol. The third-order valence-corrected chi connectivity index (χ3v) is 3.27. The van der Waals surface area contributed by atoms with Crippen LogP contribution in [0.2, 0.25) is 0 Å². The summed E-state index contributed by atoms with van der Waals surface area (Å²) in [7, 11) is 1.76. The second-order valence-electron chi connectivity index (χ2n) is 4.64. The molecule has 0 saturated carbocycles. The molecule has 0 bridgehead atoms. The molecular formula is C12H22N4O2. The van der Waals surface area contributed by atoms with Crippen molar-refractivity contribution >= 4 is 6.01 Å². The van der Waals surface area contributed by atoms with E-state index in [1.807, 2.05) is 0 Å². The van der Waals surface area contributed by atoms with Gasteiger partial charge >= 0.3 is 6.01 Å². The van der Waals surface area contributed by atoms with Gasteiger partial charge in [-0.2, -0.15) is 0 Å². The van der Waals surface area contributed by atoms with Crippen molar-refractivity contribution in [2.45, 2.75) is 26.3 Å². The predicted octanol–water partition coefficient (Wildman–Crippen LogP) is 1.04. The zero-order chi connectivity index (χ0) is 12.8. The van der Waals surface area contributed by atoms with Crippen LogP contribution >= 0.6 is 0 Å². The fraction of sp³-hybridized carbons (Fsp3) is 0.833. The van der Waals surface area contributed by atoms with Crippen molar-refractivity contribution in [3.05, 3.63) is 5.89 Å². The van der Waals surface area contributed by atoms with Gasteiger partial charge in [0.25, 0.3) is 0 Å². The summed E-state index contributed by atoms with van der Waals surface area (Å²) in [5.74, 6) is 1.32. The van der Waals surface area contributed by atoms with Gasteiger partial charge in [0.2, 0.25) is 5.89 Å². The average molecular weight is 254 g/mol. The fourth-order valence-corrected chi connectivity index (χ4v) is 2.20. The van der Waals surface area contributed by atoms with E-state index in [2.05, 4.69) is 27.3 Å².